The zero-order valence-electron chi connectivity index (χ0n) is 17.6. The molecule has 0 radical (unpaired) electrons. The second-order valence-electron chi connectivity index (χ2n) is 7.02. The maximum atomic E-state index is 13.1. The standard InChI is InChI=1S/C21H21N3O7S2/c1-29-16-4-2-14(12-17(16)33(27,28)24-7-9-30-10-8-24)3-5-19(25)31-13-18-22-15-6-11-32-20(15)21(26)23-18/h2-6,11-12H,7-10,13H2,1H3,(H,22,23,26)/b5-3+. The number of carbonyl (C=O) groups is 1. The number of aromatic nitrogens is 2. The number of methoxy groups -OCH3 is 1. The number of H-pyrrole nitrogens is 1. The minimum Gasteiger partial charge on any atom is -0.495 e. The molecule has 0 amide bonds. The van der Waals surface area contributed by atoms with Gasteiger partial charge in [-0.05, 0) is 35.2 Å². The van der Waals surface area contributed by atoms with Gasteiger partial charge in [0.2, 0.25) is 10.0 Å². The van der Waals surface area contributed by atoms with Crippen molar-refractivity contribution in [2.75, 3.05) is 33.4 Å². The van der Waals surface area contributed by atoms with Crippen molar-refractivity contribution in [3.8, 4) is 5.75 Å². The van der Waals surface area contributed by atoms with Crippen molar-refractivity contribution in [2.45, 2.75) is 11.5 Å². The minimum absolute atomic E-state index is 0.00765. The van der Waals surface area contributed by atoms with Crippen LogP contribution < -0.4 is 10.3 Å². The predicted molar refractivity (Wildman–Crippen MR) is 122 cm³/mol. The number of fused-ring (bicyclic) bond motifs is 1. The molecule has 1 aromatic carbocycles. The number of nitrogens with zero attached hydrogens (tertiary/aromatic N) is 2. The summed E-state index contributed by atoms with van der Waals surface area (Å²) in [5, 5.41) is 1.76. The molecule has 0 unspecified atom stereocenters. The van der Waals surface area contributed by atoms with Crippen LogP contribution in [0.4, 0.5) is 0 Å². The molecule has 10 nitrogen and oxygen atoms in total. The molecule has 33 heavy (non-hydrogen) atoms. The highest BCUT2D eigenvalue weighted by molar-refractivity contribution is 7.89. The second-order valence-corrected chi connectivity index (χ2v) is 9.84. The number of aromatic amines is 1. The van der Waals surface area contributed by atoms with Gasteiger partial charge in [0.1, 0.15) is 27.8 Å². The summed E-state index contributed by atoms with van der Waals surface area (Å²) in [5.74, 6) is -0.229. The maximum absolute atomic E-state index is 13.1. The first kappa shape index (κ1) is 23.1. The van der Waals surface area contributed by atoms with E-state index in [0.29, 0.717) is 29.0 Å². The van der Waals surface area contributed by atoms with Crippen molar-refractivity contribution < 1.29 is 27.4 Å². The summed E-state index contributed by atoms with van der Waals surface area (Å²) in [7, 11) is -2.40. The zero-order valence-corrected chi connectivity index (χ0v) is 19.3. The van der Waals surface area contributed by atoms with Crippen molar-refractivity contribution in [1.29, 1.82) is 0 Å². The van der Waals surface area contributed by atoms with Gasteiger partial charge in [-0.2, -0.15) is 4.31 Å². The van der Waals surface area contributed by atoms with Crippen LogP contribution in [0.2, 0.25) is 0 Å². The van der Waals surface area contributed by atoms with E-state index >= 15 is 0 Å². The van der Waals surface area contributed by atoms with Crippen molar-refractivity contribution in [1.82, 2.24) is 14.3 Å². The van der Waals surface area contributed by atoms with E-state index in [0.717, 1.165) is 0 Å². The van der Waals surface area contributed by atoms with Crippen LogP contribution in [0.1, 0.15) is 11.4 Å². The molecule has 2 aromatic heterocycles. The first-order valence-electron chi connectivity index (χ1n) is 9.95. The van der Waals surface area contributed by atoms with Gasteiger partial charge in [0.25, 0.3) is 5.56 Å². The van der Waals surface area contributed by atoms with Gasteiger partial charge in [-0.3, -0.25) is 4.79 Å². The first-order chi connectivity index (χ1) is 15.9. The molecular formula is C21H21N3O7S2. The molecular weight excluding hydrogens is 470 g/mol. The Morgan fingerprint density at radius 3 is 2.85 bits per heavy atom. The average molecular weight is 492 g/mol. The lowest BCUT2D eigenvalue weighted by Gasteiger charge is -2.26. The summed E-state index contributed by atoms with van der Waals surface area (Å²) >= 11 is 1.28. The molecule has 0 aliphatic carbocycles. The third kappa shape index (κ3) is 5.14. The summed E-state index contributed by atoms with van der Waals surface area (Å²) in [6.07, 6.45) is 2.62. The van der Waals surface area contributed by atoms with E-state index in [4.69, 9.17) is 14.2 Å². The number of rotatable bonds is 7. The molecule has 0 atom stereocenters. The summed E-state index contributed by atoms with van der Waals surface area (Å²) in [4.78, 5) is 31.0. The highest BCUT2D eigenvalue weighted by Gasteiger charge is 2.29. The van der Waals surface area contributed by atoms with Gasteiger partial charge in [0.15, 0.2) is 0 Å². The number of esters is 1. The third-order valence-electron chi connectivity index (χ3n) is 4.90. The topological polar surface area (TPSA) is 128 Å². The number of morpholine rings is 1. The van der Waals surface area contributed by atoms with Gasteiger partial charge < -0.3 is 19.2 Å². The summed E-state index contributed by atoms with van der Waals surface area (Å²) in [6.45, 7) is 0.957. The van der Waals surface area contributed by atoms with Crippen LogP contribution in [0.3, 0.4) is 0 Å². The molecule has 0 bridgehead atoms. The minimum atomic E-state index is -3.79. The molecule has 12 heteroatoms. The largest absolute Gasteiger partial charge is 0.495 e. The number of thiophene rings is 1. The van der Waals surface area contributed by atoms with Crippen molar-refractivity contribution in [3.63, 3.8) is 0 Å². The Morgan fingerprint density at radius 1 is 1.30 bits per heavy atom. The molecule has 1 fully saturated rings. The fourth-order valence-corrected chi connectivity index (χ4v) is 5.59. The van der Waals surface area contributed by atoms with Crippen LogP contribution in [0.15, 0.2) is 45.4 Å². The van der Waals surface area contributed by atoms with Crippen molar-refractivity contribution in [2.24, 2.45) is 0 Å². The molecule has 3 aromatic rings. The lowest BCUT2D eigenvalue weighted by molar-refractivity contribution is -0.139. The first-order valence-corrected chi connectivity index (χ1v) is 12.3. The highest BCUT2D eigenvalue weighted by Crippen LogP contribution is 2.29. The van der Waals surface area contributed by atoms with E-state index in [1.807, 2.05) is 0 Å². The highest BCUT2D eigenvalue weighted by atomic mass is 32.2. The van der Waals surface area contributed by atoms with E-state index in [9.17, 15) is 18.0 Å². The summed E-state index contributed by atoms with van der Waals surface area (Å²) < 4.78 is 43.6. The van der Waals surface area contributed by atoms with E-state index in [1.54, 1.807) is 17.5 Å². The SMILES string of the molecule is COc1ccc(/C=C/C(=O)OCc2nc3ccsc3c(=O)[nH]2)cc1S(=O)(=O)N1CCOCC1. The lowest BCUT2D eigenvalue weighted by Crippen LogP contribution is -2.40. The Kier molecular flexibility index (Phi) is 6.88. The number of ether oxygens (including phenoxy) is 3. The molecule has 174 valence electrons. The quantitative estimate of drug-likeness (QED) is 0.391. The van der Waals surface area contributed by atoms with Crippen LogP contribution >= 0.6 is 11.3 Å². The Morgan fingerprint density at radius 2 is 2.09 bits per heavy atom. The summed E-state index contributed by atoms with van der Waals surface area (Å²) in [5.41, 5.74) is 0.729. The number of carbonyl (C=O) groups excluding carboxylic acids is 1. The van der Waals surface area contributed by atoms with E-state index in [1.165, 1.54) is 47.0 Å². The molecule has 3 heterocycles. The van der Waals surface area contributed by atoms with E-state index < -0.39 is 16.0 Å². The number of hydrogen-bond donors (Lipinski definition) is 1. The van der Waals surface area contributed by atoms with E-state index in [-0.39, 0.29) is 41.7 Å². The molecule has 4 rings (SSSR count). The van der Waals surface area contributed by atoms with Gasteiger partial charge in [-0.15, -0.1) is 11.3 Å². The maximum Gasteiger partial charge on any atom is 0.331 e. The molecule has 0 saturated carbocycles. The van der Waals surface area contributed by atoms with Gasteiger partial charge in [-0.25, -0.2) is 18.2 Å². The zero-order chi connectivity index (χ0) is 23.4. The van der Waals surface area contributed by atoms with Gasteiger partial charge >= 0.3 is 5.97 Å². The van der Waals surface area contributed by atoms with Crippen LogP contribution in [0.25, 0.3) is 16.3 Å². The predicted octanol–water partition coefficient (Wildman–Crippen LogP) is 1.77. The van der Waals surface area contributed by atoms with Crippen LogP contribution in [0.5, 0.6) is 5.75 Å². The third-order valence-corrected chi connectivity index (χ3v) is 7.72. The second kappa shape index (κ2) is 9.83. The number of nitrogens with one attached hydrogen (secondary N) is 1. The lowest BCUT2D eigenvalue weighted by atomic mass is 10.2. The van der Waals surface area contributed by atoms with Crippen LogP contribution in [-0.4, -0.2) is 62.1 Å². The number of hydrogen-bond acceptors (Lipinski definition) is 9. The fraction of sp³-hybridized carbons (Fsp3) is 0.286. The number of sulfonamides is 1. The van der Waals surface area contributed by atoms with Gasteiger partial charge in [-0.1, -0.05) is 6.07 Å². The Labute approximate surface area is 193 Å². The Hall–Kier alpha value is -3.06. The smallest absolute Gasteiger partial charge is 0.331 e. The molecule has 1 aliphatic heterocycles. The molecule has 1 saturated heterocycles. The van der Waals surface area contributed by atoms with Gasteiger partial charge in [0.05, 0.1) is 25.8 Å². The monoisotopic (exact) mass is 491 g/mol. The molecule has 1 N–H and O–H groups in total. The Balaban J connectivity index is 1.47. The fourth-order valence-electron chi connectivity index (χ4n) is 3.27. The average Bonchev–Trinajstić information content (AvgIpc) is 3.31. The van der Waals surface area contributed by atoms with Crippen LogP contribution in [0, 0.1) is 0 Å². The van der Waals surface area contributed by atoms with Crippen molar-refractivity contribution >= 4 is 43.6 Å². The Bertz CT molecular complexity index is 1360. The molecule has 1 aliphatic rings. The van der Waals surface area contributed by atoms with Crippen molar-refractivity contribution in [3.05, 3.63) is 57.5 Å². The van der Waals surface area contributed by atoms with E-state index in [2.05, 4.69) is 9.97 Å². The number of benzene rings is 1. The van der Waals surface area contributed by atoms with Crippen LogP contribution in [-0.2, 0) is 30.9 Å². The normalized spacial score (nSPS) is 15.2. The summed E-state index contributed by atoms with van der Waals surface area (Å²) in [6, 6.07) is 6.32. The van der Waals surface area contributed by atoms with Gasteiger partial charge in [0, 0.05) is 19.2 Å². The molecule has 0 spiro atoms.